The van der Waals surface area contributed by atoms with Crippen LogP contribution in [0.25, 0.3) is 0 Å². The van der Waals surface area contributed by atoms with Gasteiger partial charge >= 0.3 is 0 Å². The van der Waals surface area contributed by atoms with E-state index in [1.165, 1.54) is 11.3 Å². The van der Waals surface area contributed by atoms with Gasteiger partial charge in [0.25, 0.3) is 5.19 Å². The highest BCUT2D eigenvalue weighted by Gasteiger charge is 2.08. The fourth-order valence-electron chi connectivity index (χ4n) is 1.33. The number of ether oxygens (including phenoxy) is 1. The van der Waals surface area contributed by atoms with Crippen molar-refractivity contribution in [3.05, 3.63) is 34.8 Å². The zero-order valence-electron chi connectivity index (χ0n) is 10.5. The van der Waals surface area contributed by atoms with Crippen molar-refractivity contribution < 1.29 is 13.5 Å². The molecule has 2 rings (SSSR count). The minimum absolute atomic E-state index is 0.0667. The van der Waals surface area contributed by atoms with E-state index in [2.05, 4.69) is 15.5 Å². The summed E-state index contributed by atoms with van der Waals surface area (Å²) in [6, 6.07) is 3.31. The van der Waals surface area contributed by atoms with Crippen molar-refractivity contribution in [3.63, 3.8) is 0 Å². The predicted octanol–water partition coefficient (Wildman–Crippen LogP) is 3.11. The van der Waals surface area contributed by atoms with Crippen LogP contribution >= 0.6 is 11.3 Å². The molecule has 7 heteroatoms. The Hall–Kier alpha value is -1.60. The lowest BCUT2D eigenvalue weighted by Gasteiger charge is -2.03. The number of rotatable bonds is 5. The van der Waals surface area contributed by atoms with E-state index in [9.17, 15) is 8.78 Å². The van der Waals surface area contributed by atoms with E-state index < -0.39 is 11.6 Å². The monoisotopic (exact) mass is 285 g/mol. The zero-order valence-corrected chi connectivity index (χ0v) is 11.3. The molecule has 0 spiro atoms. The molecule has 19 heavy (non-hydrogen) atoms. The summed E-state index contributed by atoms with van der Waals surface area (Å²) in [5, 5.41) is 11.9. The highest BCUT2D eigenvalue weighted by atomic mass is 32.1. The second kappa shape index (κ2) is 6.03. The summed E-state index contributed by atoms with van der Waals surface area (Å²) in [5.41, 5.74) is 0. The second-order valence-electron chi connectivity index (χ2n) is 4.20. The molecule has 0 aliphatic carbocycles. The number of benzene rings is 1. The minimum atomic E-state index is -0.693. The van der Waals surface area contributed by atoms with Crippen LogP contribution in [0.2, 0.25) is 0 Å². The fourth-order valence-corrected chi connectivity index (χ4v) is 1.99. The van der Waals surface area contributed by atoms with Crippen molar-refractivity contribution in [3.8, 4) is 10.9 Å². The first-order valence-corrected chi connectivity index (χ1v) is 6.54. The number of halogens is 2. The molecule has 0 aliphatic heterocycles. The largest absolute Gasteiger partial charge is 0.430 e. The number of hydrogen-bond donors (Lipinski definition) is 1. The van der Waals surface area contributed by atoms with Gasteiger partial charge in [0.2, 0.25) is 0 Å². The summed E-state index contributed by atoms with van der Waals surface area (Å²) < 4.78 is 31.2. The SMILES string of the molecule is CC(C)NCc1nnc(Oc2cc(F)cc(F)c2)s1. The molecule has 0 atom stereocenters. The first-order chi connectivity index (χ1) is 9.02. The average Bonchev–Trinajstić information content (AvgIpc) is 2.72. The molecule has 0 saturated carbocycles. The molecule has 0 radical (unpaired) electrons. The maximum absolute atomic E-state index is 13.0. The lowest BCUT2D eigenvalue weighted by molar-refractivity contribution is 0.460. The molecular weight excluding hydrogens is 272 g/mol. The molecule has 1 aromatic heterocycles. The Balaban J connectivity index is 2.03. The lowest BCUT2D eigenvalue weighted by atomic mass is 10.3. The molecule has 1 N–H and O–H groups in total. The van der Waals surface area contributed by atoms with Gasteiger partial charge in [0.05, 0.1) is 6.54 Å². The first-order valence-electron chi connectivity index (χ1n) is 5.72. The molecule has 0 amide bonds. The van der Waals surface area contributed by atoms with E-state index in [-0.39, 0.29) is 10.9 Å². The van der Waals surface area contributed by atoms with E-state index in [1.54, 1.807) is 0 Å². The summed E-state index contributed by atoms with van der Waals surface area (Å²) in [6.07, 6.45) is 0. The van der Waals surface area contributed by atoms with Gasteiger partial charge in [0, 0.05) is 24.2 Å². The van der Waals surface area contributed by atoms with Crippen molar-refractivity contribution in [2.24, 2.45) is 0 Å². The van der Waals surface area contributed by atoms with Gasteiger partial charge in [-0.05, 0) is 0 Å². The van der Waals surface area contributed by atoms with Gasteiger partial charge < -0.3 is 10.1 Å². The van der Waals surface area contributed by atoms with Crippen molar-refractivity contribution in [2.75, 3.05) is 0 Å². The number of hydrogen-bond acceptors (Lipinski definition) is 5. The Kier molecular flexibility index (Phi) is 4.39. The smallest absolute Gasteiger partial charge is 0.299 e. The van der Waals surface area contributed by atoms with Gasteiger partial charge in [0.1, 0.15) is 22.4 Å². The summed E-state index contributed by atoms with van der Waals surface area (Å²) in [7, 11) is 0. The number of nitrogens with zero attached hydrogens (tertiary/aromatic N) is 2. The van der Waals surface area contributed by atoms with E-state index in [1.807, 2.05) is 13.8 Å². The predicted molar refractivity (Wildman–Crippen MR) is 68.3 cm³/mol. The van der Waals surface area contributed by atoms with E-state index >= 15 is 0 Å². The first kappa shape index (κ1) is 13.8. The molecule has 0 saturated heterocycles. The normalized spacial score (nSPS) is 11.0. The summed E-state index contributed by atoms with van der Waals surface area (Å²) >= 11 is 1.23. The van der Waals surface area contributed by atoms with Crippen LogP contribution < -0.4 is 10.1 Å². The Morgan fingerprint density at radius 1 is 1.21 bits per heavy atom. The van der Waals surface area contributed by atoms with Crippen molar-refractivity contribution in [1.29, 1.82) is 0 Å². The number of aromatic nitrogens is 2. The van der Waals surface area contributed by atoms with Crippen LogP contribution in [0.5, 0.6) is 10.9 Å². The quantitative estimate of drug-likeness (QED) is 0.917. The molecule has 0 bridgehead atoms. The highest BCUT2D eigenvalue weighted by molar-refractivity contribution is 7.13. The Morgan fingerprint density at radius 2 is 1.89 bits per heavy atom. The van der Waals surface area contributed by atoms with Crippen LogP contribution in [0.4, 0.5) is 8.78 Å². The highest BCUT2D eigenvalue weighted by Crippen LogP contribution is 2.26. The summed E-state index contributed by atoms with van der Waals surface area (Å²) in [4.78, 5) is 0. The van der Waals surface area contributed by atoms with Crippen LogP contribution in [0.15, 0.2) is 18.2 Å². The van der Waals surface area contributed by atoms with Gasteiger partial charge in [-0.2, -0.15) is 0 Å². The van der Waals surface area contributed by atoms with Crippen molar-refractivity contribution in [1.82, 2.24) is 15.5 Å². The van der Waals surface area contributed by atoms with Crippen LogP contribution in [0.3, 0.4) is 0 Å². The molecule has 0 fully saturated rings. The average molecular weight is 285 g/mol. The zero-order chi connectivity index (χ0) is 13.8. The van der Waals surface area contributed by atoms with Crippen molar-refractivity contribution in [2.45, 2.75) is 26.4 Å². The van der Waals surface area contributed by atoms with Crippen molar-refractivity contribution >= 4 is 11.3 Å². The van der Waals surface area contributed by atoms with Gasteiger partial charge in [0.15, 0.2) is 0 Å². The van der Waals surface area contributed by atoms with Crippen LogP contribution in [-0.4, -0.2) is 16.2 Å². The molecule has 0 unspecified atom stereocenters. The maximum atomic E-state index is 13.0. The third-order valence-corrected chi connectivity index (χ3v) is 2.95. The minimum Gasteiger partial charge on any atom is -0.430 e. The van der Waals surface area contributed by atoms with E-state index in [0.717, 1.165) is 23.2 Å². The molecule has 4 nitrogen and oxygen atoms in total. The Bertz CT molecular complexity index is 539. The third kappa shape index (κ3) is 4.22. The molecule has 1 heterocycles. The molecule has 1 aromatic carbocycles. The van der Waals surface area contributed by atoms with Crippen LogP contribution in [0, 0.1) is 11.6 Å². The van der Waals surface area contributed by atoms with E-state index in [4.69, 9.17) is 4.74 Å². The topological polar surface area (TPSA) is 47.0 Å². The third-order valence-electron chi connectivity index (χ3n) is 2.15. The van der Waals surface area contributed by atoms with Crippen LogP contribution in [0.1, 0.15) is 18.9 Å². The van der Waals surface area contributed by atoms with Gasteiger partial charge in [-0.15, -0.1) is 5.10 Å². The van der Waals surface area contributed by atoms with Crippen LogP contribution in [-0.2, 0) is 6.54 Å². The van der Waals surface area contributed by atoms with E-state index in [0.29, 0.717) is 12.6 Å². The molecule has 2 aromatic rings. The fraction of sp³-hybridized carbons (Fsp3) is 0.333. The Labute approximate surface area is 113 Å². The van der Waals surface area contributed by atoms with Gasteiger partial charge in [-0.1, -0.05) is 30.3 Å². The molecular formula is C12H13F2N3OS. The summed E-state index contributed by atoms with van der Waals surface area (Å²) in [6.45, 7) is 4.62. The molecule has 102 valence electrons. The molecule has 0 aliphatic rings. The maximum Gasteiger partial charge on any atom is 0.299 e. The summed E-state index contributed by atoms with van der Waals surface area (Å²) in [5.74, 6) is -1.32. The second-order valence-corrected chi connectivity index (χ2v) is 5.23. The van der Waals surface area contributed by atoms with Gasteiger partial charge in [-0.25, -0.2) is 8.78 Å². The standard InChI is InChI=1S/C12H13F2N3OS/c1-7(2)15-6-11-16-17-12(19-11)18-10-4-8(13)3-9(14)5-10/h3-5,7,15H,6H2,1-2H3. The number of nitrogens with one attached hydrogen (secondary N) is 1. The van der Waals surface area contributed by atoms with Gasteiger partial charge in [-0.3, -0.25) is 0 Å². The lowest BCUT2D eigenvalue weighted by Crippen LogP contribution is -2.21. The Morgan fingerprint density at radius 3 is 2.53 bits per heavy atom.